The van der Waals surface area contributed by atoms with Gasteiger partial charge in [0.25, 0.3) is 0 Å². The van der Waals surface area contributed by atoms with Gasteiger partial charge in [0.05, 0.1) is 12.7 Å². The van der Waals surface area contributed by atoms with Crippen LogP contribution in [0.5, 0.6) is 0 Å². The summed E-state index contributed by atoms with van der Waals surface area (Å²) in [6, 6.07) is 0.767. The molecular formula is C14H24FNO. The Hall–Kier alpha value is -0.150. The second-order valence-electron chi connectivity index (χ2n) is 6.58. The van der Waals surface area contributed by atoms with Gasteiger partial charge in [-0.05, 0) is 46.0 Å². The van der Waals surface area contributed by atoms with Crippen molar-refractivity contribution in [3.63, 3.8) is 0 Å². The molecule has 3 aliphatic rings. The highest BCUT2D eigenvalue weighted by Gasteiger charge is 2.52. The van der Waals surface area contributed by atoms with Gasteiger partial charge in [-0.15, -0.1) is 0 Å². The van der Waals surface area contributed by atoms with Crippen molar-refractivity contribution < 1.29 is 9.13 Å². The van der Waals surface area contributed by atoms with Crippen molar-refractivity contribution in [1.82, 2.24) is 4.90 Å². The van der Waals surface area contributed by atoms with Crippen molar-refractivity contribution in [2.75, 3.05) is 13.2 Å². The monoisotopic (exact) mass is 241 g/mol. The highest BCUT2D eigenvalue weighted by atomic mass is 19.1. The van der Waals surface area contributed by atoms with E-state index in [1.807, 2.05) is 0 Å². The van der Waals surface area contributed by atoms with Crippen LogP contribution in [0.2, 0.25) is 0 Å². The lowest BCUT2D eigenvalue weighted by molar-refractivity contribution is 0.0276. The van der Waals surface area contributed by atoms with Gasteiger partial charge in [-0.2, -0.15) is 0 Å². The smallest absolute Gasteiger partial charge is 0.117 e. The van der Waals surface area contributed by atoms with Crippen LogP contribution in [-0.2, 0) is 4.74 Å². The molecule has 2 heterocycles. The fourth-order valence-electron chi connectivity index (χ4n) is 3.53. The van der Waals surface area contributed by atoms with Crippen LogP contribution in [0.3, 0.4) is 0 Å². The lowest BCUT2D eigenvalue weighted by Crippen LogP contribution is -2.38. The molecule has 1 saturated carbocycles. The number of nitrogens with zero attached hydrogens (tertiary/aromatic N) is 1. The Kier molecular flexibility index (Phi) is 2.94. The number of alkyl halides is 1. The SMILES string of the molecule is CC(C)OCC1(CN2C3CCC2C(F)C3)CC1. The summed E-state index contributed by atoms with van der Waals surface area (Å²) in [6.07, 6.45) is 5.37. The van der Waals surface area contributed by atoms with E-state index in [2.05, 4.69) is 18.7 Å². The van der Waals surface area contributed by atoms with E-state index < -0.39 is 6.17 Å². The zero-order chi connectivity index (χ0) is 12.0. The highest BCUT2D eigenvalue weighted by Crippen LogP contribution is 2.50. The number of hydrogen-bond donors (Lipinski definition) is 0. The molecule has 17 heavy (non-hydrogen) atoms. The number of halogens is 1. The average Bonchev–Trinajstić information content (AvgIpc) is 2.87. The molecule has 0 aromatic carbocycles. The standard InChI is InChI=1S/C14H24FNO/c1-10(2)17-9-14(5-6-14)8-16-11-3-4-13(16)12(15)7-11/h10-13H,3-9H2,1-2H3. The van der Waals surface area contributed by atoms with Crippen LogP contribution < -0.4 is 0 Å². The van der Waals surface area contributed by atoms with E-state index in [1.165, 1.54) is 19.3 Å². The number of rotatable bonds is 5. The minimum absolute atomic E-state index is 0.233. The summed E-state index contributed by atoms with van der Waals surface area (Å²) in [5, 5.41) is 0. The summed E-state index contributed by atoms with van der Waals surface area (Å²) in [4.78, 5) is 2.46. The molecule has 2 nitrogen and oxygen atoms in total. The molecule has 0 radical (unpaired) electrons. The van der Waals surface area contributed by atoms with Crippen molar-refractivity contribution in [2.45, 2.75) is 70.3 Å². The molecule has 0 aromatic rings. The molecule has 2 saturated heterocycles. The second-order valence-corrected chi connectivity index (χ2v) is 6.58. The minimum atomic E-state index is -0.560. The van der Waals surface area contributed by atoms with Crippen molar-refractivity contribution >= 4 is 0 Å². The number of fused-ring (bicyclic) bond motifs is 2. The summed E-state index contributed by atoms with van der Waals surface area (Å²) in [5.74, 6) is 0. The molecule has 1 aliphatic carbocycles. The first-order valence-corrected chi connectivity index (χ1v) is 7.11. The first-order chi connectivity index (χ1) is 8.10. The number of ether oxygens (including phenoxy) is 1. The topological polar surface area (TPSA) is 12.5 Å². The Morgan fingerprint density at radius 3 is 2.59 bits per heavy atom. The Morgan fingerprint density at radius 1 is 1.35 bits per heavy atom. The van der Waals surface area contributed by atoms with Gasteiger partial charge in [0.2, 0.25) is 0 Å². The quantitative estimate of drug-likeness (QED) is 0.734. The van der Waals surface area contributed by atoms with E-state index in [1.54, 1.807) is 0 Å². The maximum atomic E-state index is 13.7. The summed E-state index contributed by atoms with van der Waals surface area (Å²) >= 11 is 0. The maximum Gasteiger partial charge on any atom is 0.117 e. The molecule has 0 amide bonds. The Morgan fingerprint density at radius 2 is 2.12 bits per heavy atom. The molecule has 3 unspecified atom stereocenters. The highest BCUT2D eigenvalue weighted by molar-refractivity contribution is 5.05. The lowest BCUT2D eigenvalue weighted by atomic mass is 9.99. The van der Waals surface area contributed by atoms with Crippen LogP contribution in [0, 0.1) is 5.41 Å². The van der Waals surface area contributed by atoms with Crippen molar-refractivity contribution in [3.05, 3.63) is 0 Å². The number of hydrogen-bond acceptors (Lipinski definition) is 2. The normalized spacial score (nSPS) is 39.2. The van der Waals surface area contributed by atoms with E-state index in [0.29, 0.717) is 17.6 Å². The first kappa shape index (κ1) is 11.9. The third-order valence-electron chi connectivity index (χ3n) is 4.80. The summed E-state index contributed by atoms with van der Waals surface area (Å²) < 4.78 is 19.5. The van der Waals surface area contributed by atoms with Crippen LogP contribution in [0.25, 0.3) is 0 Å². The average molecular weight is 241 g/mol. The van der Waals surface area contributed by atoms with E-state index in [0.717, 1.165) is 26.0 Å². The molecule has 2 bridgehead atoms. The minimum Gasteiger partial charge on any atom is -0.378 e. The van der Waals surface area contributed by atoms with Gasteiger partial charge < -0.3 is 4.74 Å². The molecule has 98 valence electrons. The van der Waals surface area contributed by atoms with Gasteiger partial charge in [0.15, 0.2) is 0 Å². The van der Waals surface area contributed by atoms with E-state index in [9.17, 15) is 4.39 Å². The Labute approximate surface area is 104 Å². The molecule has 0 N–H and O–H groups in total. The largest absolute Gasteiger partial charge is 0.378 e. The summed E-state index contributed by atoms with van der Waals surface area (Å²) in [6.45, 7) is 6.13. The first-order valence-electron chi connectivity index (χ1n) is 7.11. The van der Waals surface area contributed by atoms with Crippen LogP contribution in [0.1, 0.15) is 46.0 Å². The van der Waals surface area contributed by atoms with E-state index >= 15 is 0 Å². The fraction of sp³-hybridized carbons (Fsp3) is 1.00. The van der Waals surface area contributed by atoms with Crippen molar-refractivity contribution in [3.8, 4) is 0 Å². The van der Waals surface area contributed by atoms with Gasteiger partial charge in [-0.25, -0.2) is 4.39 Å². The van der Waals surface area contributed by atoms with Crippen LogP contribution in [-0.4, -0.2) is 42.4 Å². The third kappa shape index (κ3) is 2.24. The Balaban J connectivity index is 1.57. The molecular weight excluding hydrogens is 217 g/mol. The fourth-order valence-corrected chi connectivity index (χ4v) is 3.53. The molecule has 0 aromatic heterocycles. The van der Waals surface area contributed by atoms with E-state index in [4.69, 9.17) is 4.74 Å². The van der Waals surface area contributed by atoms with Gasteiger partial charge >= 0.3 is 0 Å². The predicted octanol–water partition coefficient (Wildman–Crippen LogP) is 2.77. The zero-order valence-corrected chi connectivity index (χ0v) is 11.0. The molecule has 3 rings (SSSR count). The predicted molar refractivity (Wildman–Crippen MR) is 65.8 cm³/mol. The third-order valence-corrected chi connectivity index (χ3v) is 4.80. The van der Waals surface area contributed by atoms with Gasteiger partial charge in [0.1, 0.15) is 6.17 Å². The molecule has 3 fully saturated rings. The lowest BCUT2D eigenvalue weighted by Gasteiger charge is -2.28. The molecule has 3 heteroatoms. The van der Waals surface area contributed by atoms with Gasteiger partial charge in [0, 0.05) is 24.0 Å². The van der Waals surface area contributed by atoms with Crippen molar-refractivity contribution in [1.29, 1.82) is 0 Å². The van der Waals surface area contributed by atoms with Gasteiger partial charge in [-0.3, -0.25) is 4.90 Å². The second kappa shape index (κ2) is 4.20. The molecule has 0 spiro atoms. The van der Waals surface area contributed by atoms with E-state index in [-0.39, 0.29) is 6.04 Å². The summed E-state index contributed by atoms with van der Waals surface area (Å²) in [5.41, 5.74) is 0.370. The molecule has 3 atom stereocenters. The van der Waals surface area contributed by atoms with Crippen LogP contribution in [0.15, 0.2) is 0 Å². The van der Waals surface area contributed by atoms with Crippen molar-refractivity contribution in [2.24, 2.45) is 5.41 Å². The van der Waals surface area contributed by atoms with Crippen LogP contribution in [0.4, 0.5) is 4.39 Å². The van der Waals surface area contributed by atoms with Crippen LogP contribution >= 0.6 is 0 Å². The summed E-state index contributed by atoms with van der Waals surface area (Å²) in [7, 11) is 0. The zero-order valence-electron chi connectivity index (χ0n) is 11.0. The maximum absolute atomic E-state index is 13.7. The Bertz CT molecular complexity index is 290. The van der Waals surface area contributed by atoms with Gasteiger partial charge in [-0.1, -0.05) is 0 Å². The molecule has 2 aliphatic heterocycles.